The largest absolute Gasteiger partial charge is 0.481 e. The standard InChI is InChI=1S/C15H23NO2/c1-5-11(2)12-6-8-13(9-7-12)14(16(3)4)10-15(17)18/h6-9,11,14H,5,10H2,1-4H3,(H,17,18). The van der Waals surface area contributed by atoms with Crippen molar-refractivity contribution in [3.05, 3.63) is 35.4 Å². The monoisotopic (exact) mass is 249 g/mol. The van der Waals surface area contributed by atoms with Crippen molar-refractivity contribution in [1.29, 1.82) is 0 Å². The Balaban J connectivity index is 2.90. The molecule has 0 aliphatic carbocycles. The molecule has 0 aliphatic heterocycles. The number of hydrogen-bond donors (Lipinski definition) is 1. The van der Waals surface area contributed by atoms with Gasteiger partial charge in [-0.3, -0.25) is 4.79 Å². The van der Waals surface area contributed by atoms with Gasteiger partial charge in [0.15, 0.2) is 0 Å². The van der Waals surface area contributed by atoms with Gasteiger partial charge in [-0.2, -0.15) is 0 Å². The van der Waals surface area contributed by atoms with Gasteiger partial charge in [0.1, 0.15) is 0 Å². The average Bonchev–Trinajstić information content (AvgIpc) is 2.34. The molecule has 3 nitrogen and oxygen atoms in total. The van der Waals surface area contributed by atoms with E-state index in [1.54, 1.807) is 0 Å². The van der Waals surface area contributed by atoms with Crippen molar-refractivity contribution in [2.45, 2.75) is 38.6 Å². The summed E-state index contributed by atoms with van der Waals surface area (Å²) >= 11 is 0. The van der Waals surface area contributed by atoms with E-state index in [0.29, 0.717) is 5.92 Å². The molecule has 0 radical (unpaired) electrons. The molecule has 0 saturated carbocycles. The molecular weight excluding hydrogens is 226 g/mol. The first-order valence-electron chi connectivity index (χ1n) is 6.43. The van der Waals surface area contributed by atoms with Crippen LogP contribution in [0.2, 0.25) is 0 Å². The lowest BCUT2D eigenvalue weighted by Crippen LogP contribution is -2.22. The van der Waals surface area contributed by atoms with E-state index in [9.17, 15) is 4.79 Å². The number of carbonyl (C=O) groups is 1. The molecule has 0 fully saturated rings. The zero-order valence-corrected chi connectivity index (χ0v) is 11.7. The summed E-state index contributed by atoms with van der Waals surface area (Å²) < 4.78 is 0. The van der Waals surface area contributed by atoms with E-state index >= 15 is 0 Å². The van der Waals surface area contributed by atoms with Gasteiger partial charge in [0.25, 0.3) is 0 Å². The molecule has 18 heavy (non-hydrogen) atoms. The van der Waals surface area contributed by atoms with Crippen LogP contribution in [0.4, 0.5) is 0 Å². The summed E-state index contributed by atoms with van der Waals surface area (Å²) in [6.45, 7) is 4.38. The van der Waals surface area contributed by atoms with Crippen molar-refractivity contribution in [1.82, 2.24) is 4.90 Å². The number of carboxylic acid groups (broad SMARTS) is 1. The summed E-state index contributed by atoms with van der Waals surface area (Å²) in [7, 11) is 3.83. The summed E-state index contributed by atoms with van der Waals surface area (Å²) in [5, 5.41) is 8.95. The van der Waals surface area contributed by atoms with Crippen LogP contribution in [-0.2, 0) is 4.79 Å². The average molecular weight is 249 g/mol. The Labute approximate surface area is 109 Å². The first kappa shape index (κ1) is 14.7. The maximum Gasteiger partial charge on any atom is 0.305 e. The van der Waals surface area contributed by atoms with Crippen LogP contribution >= 0.6 is 0 Å². The van der Waals surface area contributed by atoms with E-state index in [4.69, 9.17) is 5.11 Å². The van der Waals surface area contributed by atoms with Gasteiger partial charge in [-0.05, 0) is 37.6 Å². The van der Waals surface area contributed by atoms with Gasteiger partial charge in [0.2, 0.25) is 0 Å². The SMILES string of the molecule is CCC(C)c1ccc(C(CC(=O)O)N(C)C)cc1. The fraction of sp³-hybridized carbons (Fsp3) is 0.533. The van der Waals surface area contributed by atoms with Crippen LogP contribution in [0.1, 0.15) is 49.8 Å². The molecule has 0 aliphatic rings. The van der Waals surface area contributed by atoms with Crippen LogP contribution in [-0.4, -0.2) is 30.1 Å². The maximum atomic E-state index is 10.9. The Hall–Kier alpha value is -1.35. The van der Waals surface area contributed by atoms with E-state index < -0.39 is 5.97 Å². The van der Waals surface area contributed by atoms with E-state index in [2.05, 4.69) is 38.1 Å². The van der Waals surface area contributed by atoms with Gasteiger partial charge < -0.3 is 10.0 Å². The van der Waals surface area contributed by atoms with E-state index in [0.717, 1.165) is 12.0 Å². The van der Waals surface area contributed by atoms with Crippen LogP contribution < -0.4 is 0 Å². The van der Waals surface area contributed by atoms with Gasteiger partial charge in [-0.15, -0.1) is 0 Å². The second kappa shape index (κ2) is 6.55. The lowest BCUT2D eigenvalue weighted by molar-refractivity contribution is -0.138. The van der Waals surface area contributed by atoms with Gasteiger partial charge in [-0.25, -0.2) is 0 Å². The van der Waals surface area contributed by atoms with Crippen molar-refractivity contribution in [3.63, 3.8) is 0 Å². The molecule has 1 aromatic carbocycles. The third-order valence-electron chi connectivity index (χ3n) is 3.49. The highest BCUT2D eigenvalue weighted by Crippen LogP contribution is 2.25. The molecule has 1 rings (SSSR count). The second-order valence-corrected chi connectivity index (χ2v) is 5.05. The van der Waals surface area contributed by atoms with Gasteiger partial charge in [0, 0.05) is 6.04 Å². The zero-order chi connectivity index (χ0) is 13.7. The van der Waals surface area contributed by atoms with E-state index in [1.807, 2.05) is 19.0 Å². The minimum atomic E-state index is -0.764. The number of benzene rings is 1. The highest BCUT2D eigenvalue weighted by molar-refractivity contribution is 5.67. The van der Waals surface area contributed by atoms with Crippen LogP contribution in [0, 0.1) is 0 Å². The number of hydrogen-bond acceptors (Lipinski definition) is 2. The molecule has 0 bridgehead atoms. The minimum absolute atomic E-state index is 0.0616. The molecule has 0 spiro atoms. The second-order valence-electron chi connectivity index (χ2n) is 5.05. The Morgan fingerprint density at radius 1 is 1.22 bits per heavy atom. The maximum absolute atomic E-state index is 10.9. The first-order valence-corrected chi connectivity index (χ1v) is 6.43. The minimum Gasteiger partial charge on any atom is -0.481 e. The van der Waals surface area contributed by atoms with Crippen LogP contribution in [0.25, 0.3) is 0 Å². The molecule has 2 atom stereocenters. The van der Waals surface area contributed by atoms with Crippen LogP contribution in [0.15, 0.2) is 24.3 Å². The summed E-state index contributed by atoms with van der Waals surface area (Å²) in [5.41, 5.74) is 2.38. The fourth-order valence-electron chi connectivity index (χ4n) is 2.05. The molecule has 1 aromatic rings. The summed E-state index contributed by atoms with van der Waals surface area (Å²) in [4.78, 5) is 12.8. The van der Waals surface area contributed by atoms with Crippen LogP contribution in [0.3, 0.4) is 0 Å². The predicted molar refractivity (Wildman–Crippen MR) is 73.8 cm³/mol. The lowest BCUT2D eigenvalue weighted by atomic mass is 9.95. The molecule has 2 unspecified atom stereocenters. The summed E-state index contributed by atoms with van der Waals surface area (Å²) in [6.07, 6.45) is 1.25. The molecular formula is C15H23NO2. The van der Waals surface area contributed by atoms with Gasteiger partial charge in [-0.1, -0.05) is 38.1 Å². The van der Waals surface area contributed by atoms with Crippen LogP contribution in [0.5, 0.6) is 0 Å². The molecule has 0 amide bonds. The van der Waals surface area contributed by atoms with Gasteiger partial charge in [0.05, 0.1) is 6.42 Å². The van der Waals surface area contributed by atoms with Crippen molar-refractivity contribution >= 4 is 5.97 Å². The molecule has 0 saturated heterocycles. The van der Waals surface area contributed by atoms with Crippen molar-refractivity contribution in [2.75, 3.05) is 14.1 Å². The quantitative estimate of drug-likeness (QED) is 0.841. The molecule has 0 heterocycles. The normalized spacial score (nSPS) is 14.5. The molecule has 1 N–H and O–H groups in total. The van der Waals surface area contributed by atoms with Crippen molar-refractivity contribution < 1.29 is 9.90 Å². The molecule has 100 valence electrons. The number of aliphatic carboxylic acids is 1. The Bertz CT molecular complexity index is 384. The van der Waals surface area contributed by atoms with E-state index in [1.165, 1.54) is 5.56 Å². The number of carboxylic acids is 1. The molecule has 3 heteroatoms. The fourth-order valence-corrected chi connectivity index (χ4v) is 2.05. The Morgan fingerprint density at radius 2 is 1.72 bits per heavy atom. The van der Waals surface area contributed by atoms with Crippen molar-refractivity contribution in [2.24, 2.45) is 0 Å². The summed E-state index contributed by atoms with van der Waals surface area (Å²) in [5.74, 6) is -0.212. The predicted octanol–water partition coefficient (Wildman–Crippen LogP) is 3.28. The number of nitrogens with zero attached hydrogens (tertiary/aromatic N) is 1. The first-order chi connectivity index (χ1) is 8.45. The van der Waals surface area contributed by atoms with Gasteiger partial charge >= 0.3 is 5.97 Å². The smallest absolute Gasteiger partial charge is 0.305 e. The number of rotatable bonds is 6. The summed E-state index contributed by atoms with van der Waals surface area (Å²) in [6, 6.07) is 8.27. The van der Waals surface area contributed by atoms with Crippen molar-refractivity contribution in [3.8, 4) is 0 Å². The Morgan fingerprint density at radius 3 is 2.11 bits per heavy atom. The van der Waals surface area contributed by atoms with E-state index in [-0.39, 0.29) is 12.5 Å². The third-order valence-corrected chi connectivity index (χ3v) is 3.49. The highest BCUT2D eigenvalue weighted by atomic mass is 16.4. The lowest BCUT2D eigenvalue weighted by Gasteiger charge is -2.23. The molecule has 0 aromatic heterocycles. The topological polar surface area (TPSA) is 40.5 Å². The Kier molecular flexibility index (Phi) is 5.35. The third kappa shape index (κ3) is 3.84. The zero-order valence-electron chi connectivity index (χ0n) is 11.7. The highest BCUT2D eigenvalue weighted by Gasteiger charge is 2.17.